The number of benzene rings is 2. The minimum Gasteiger partial charge on any atom is -0.293 e. The number of rotatable bonds is 6. The maximum absolute atomic E-state index is 12.6. The summed E-state index contributed by atoms with van der Waals surface area (Å²) in [6.07, 6.45) is 3.48. The molecule has 0 atom stereocenters. The zero-order valence-corrected chi connectivity index (χ0v) is 17.1. The standard InChI is InChI=1S/C23H20N4OS/c1-16-7-6-10-20(17(16)2)27-22(19-11-13-24-14-12-19)25-26-23(27)29-15-21(28)18-8-4-3-5-9-18/h3-14H,15H2,1-2H3. The third-order valence-corrected chi connectivity index (χ3v) is 5.75. The Morgan fingerprint density at radius 1 is 0.931 bits per heavy atom. The normalized spacial score (nSPS) is 10.8. The van der Waals surface area contributed by atoms with Gasteiger partial charge in [0.1, 0.15) is 0 Å². The molecule has 6 heteroatoms. The van der Waals surface area contributed by atoms with E-state index in [2.05, 4.69) is 41.2 Å². The van der Waals surface area contributed by atoms with Gasteiger partial charge in [0, 0.05) is 23.5 Å². The number of nitrogens with zero attached hydrogens (tertiary/aromatic N) is 4. The fourth-order valence-corrected chi connectivity index (χ4v) is 3.92. The van der Waals surface area contributed by atoms with Crippen LogP contribution in [-0.4, -0.2) is 31.3 Å². The topological polar surface area (TPSA) is 60.7 Å². The largest absolute Gasteiger partial charge is 0.293 e. The highest BCUT2D eigenvalue weighted by Gasteiger charge is 2.19. The lowest BCUT2D eigenvalue weighted by Crippen LogP contribution is -2.06. The minimum absolute atomic E-state index is 0.0663. The summed E-state index contributed by atoms with van der Waals surface area (Å²) in [5.74, 6) is 1.09. The van der Waals surface area contributed by atoms with Crippen LogP contribution in [0, 0.1) is 13.8 Å². The van der Waals surface area contributed by atoms with Crippen LogP contribution in [0.15, 0.2) is 78.2 Å². The number of thioether (sulfide) groups is 1. The van der Waals surface area contributed by atoms with Crippen LogP contribution in [-0.2, 0) is 0 Å². The Labute approximate surface area is 173 Å². The summed E-state index contributed by atoms with van der Waals surface area (Å²) in [4.78, 5) is 16.7. The summed E-state index contributed by atoms with van der Waals surface area (Å²) in [5.41, 5.74) is 4.98. The molecule has 4 rings (SSSR count). The molecular weight excluding hydrogens is 380 g/mol. The van der Waals surface area contributed by atoms with E-state index in [0.717, 1.165) is 22.6 Å². The van der Waals surface area contributed by atoms with Crippen molar-refractivity contribution in [1.29, 1.82) is 0 Å². The Morgan fingerprint density at radius 2 is 1.69 bits per heavy atom. The van der Waals surface area contributed by atoms with Gasteiger partial charge in [-0.05, 0) is 43.2 Å². The number of hydrogen-bond donors (Lipinski definition) is 0. The van der Waals surface area contributed by atoms with Crippen molar-refractivity contribution in [3.05, 3.63) is 89.7 Å². The molecule has 0 spiro atoms. The highest BCUT2D eigenvalue weighted by molar-refractivity contribution is 7.99. The molecule has 0 fully saturated rings. The molecule has 0 aliphatic rings. The Bertz CT molecular complexity index is 1140. The molecule has 4 aromatic rings. The molecule has 0 N–H and O–H groups in total. The highest BCUT2D eigenvalue weighted by Crippen LogP contribution is 2.30. The molecule has 144 valence electrons. The van der Waals surface area contributed by atoms with Gasteiger partial charge in [-0.2, -0.15) is 0 Å². The van der Waals surface area contributed by atoms with Crippen LogP contribution in [0.3, 0.4) is 0 Å². The number of aromatic nitrogens is 4. The first kappa shape index (κ1) is 19.1. The van der Waals surface area contributed by atoms with Gasteiger partial charge in [0.15, 0.2) is 16.8 Å². The quantitative estimate of drug-likeness (QED) is 0.340. The van der Waals surface area contributed by atoms with E-state index in [1.807, 2.05) is 53.1 Å². The van der Waals surface area contributed by atoms with E-state index in [4.69, 9.17) is 0 Å². The van der Waals surface area contributed by atoms with E-state index in [-0.39, 0.29) is 5.78 Å². The number of carbonyl (C=O) groups excluding carboxylic acids is 1. The molecule has 0 unspecified atom stereocenters. The zero-order valence-electron chi connectivity index (χ0n) is 16.2. The SMILES string of the molecule is Cc1cccc(-n2c(SCC(=O)c3ccccc3)nnc2-c2ccncc2)c1C. The second kappa shape index (κ2) is 8.41. The van der Waals surface area contributed by atoms with E-state index in [0.29, 0.717) is 16.5 Å². The Balaban J connectivity index is 1.74. The molecule has 5 nitrogen and oxygen atoms in total. The molecule has 2 aromatic carbocycles. The number of ketones is 1. The molecule has 0 bridgehead atoms. The Hall–Kier alpha value is -3.25. The molecule has 0 saturated carbocycles. The van der Waals surface area contributed by atoms with Crippen molar-refractivity contribution in [1.82, 2.24) is 19.7 Å². The molecule has 0 radical (unpaired) electrons. The van der Waals surface area contributed by atoms with E-state index in [9.17, 15) is 4.79 Å². The van der Waals surface area contributed by atoms with Gasteiger partial charge in [0.25, 0.3) is 0 Å². The number of carbonyl (C=O) groups is 1. The average Bonchev–Trinajstić information content (AvgIpc) is 3.19. The minimum atomic E-state index is 0.0663. The lowest BCUT2D eigenvalue weighted by atomic mass is 10.1. The van der Waals surface area contributed by atoms with Crippen molar-refractivity contribution in [2.45, 2.75) is 19.0 Å². The fourth-order valence-electron chi connectivity index (χ4n) is 3.08. The van der Waals surface area contributed by atoms with Crippen molar-refractivity contribution in [2.24, 2.45) is 0 Å². The second-order valence-electron chi connectivity index (χ2n) is 6.67. The van der Waals surface area contributed by atoms with Crippen LogP contribution < -0.4 is 0 Å². The first-order chi connectivity index (χ1) is 14.1. The number of aryl methyl sites for hydroxylation is 1. The molecule has 2 heterocycles. The maximum Gasteiger partial charge on any atom is 0.196 e. The van der Waals surface area contributed by atoms with Crippen molar-refractivity contribution in [2.75, 3.05) is 5.75 Å². The molecular formula is C23H20N4OS. The van der Waals surface area contributed by atoms with Gasteiger partial charge in [-0.3, -0.25) is 14.3 Å². The van der Waals surface area contributed by atoms with Gasteiger partial charge >= 0.3 is 0 Å². The van der Waals surface area contributed by atoms with Crippen LogP contribution in [0.1, 0.15) is 21.5 Å². The number of hydrogen-bond acceptors (Lipinski definition) is 5. The highest BCUT2D eigenvalue weighted by atomic mass is 32.2. The summed E-state index contributed by atoms with van der Waals surface area (Å²) in [6, 6.07) is 19.3. The van der Waals surface area contributed by atoms with Gasteiger partial charge < -0.3 is 0 Å². The van der Waals surface area contributed by atoms with Crippen LogP contribution in [0.5, 0.6) is 0 Å². The van der Waals surface area contributed by atoms with Gasteiger partial charge in [0.05, 0.1) is 11.4 Å². The van der Waals surface area contributed by atoms with Crippen LogP contribution >= 0.6 is 11.8 Å². The molecule has 2 aromatic heterocycles. The molecule has 0 amide bonds. The van der Waals surface area contributed by atoms with E-state index in [1.54, 1.807) is 12.4 Å². The molecule has 0 aliphatic heterocycles. The first-order valence-corrected chi connectivity index (χ1v) is 10.3. The van der Waals surface area contributed by atoms with Gasteiger partial charge in [0.2, 0.25) is 0 Å². The second-order valence-corrected chi connectivity index (χ2v) is 7.62. The Morgan fingerprint density at radius 3 is 2.45 bits per heavy atom. The average molecular weight is 401 g/mol. The van der Waals surface area contributed by atoms with Crippen molar-refractivity contribution in [3.63, 3.8) is 0 Å². The van der Waals surface area contributed by atoms with Gasteiger partial charge in [-0.25, -0.2) is 0 Å². The van der Waals surface area contributed by atoms with Crippen LogP contribution in [0.25, 0.3) is 17.1 Å². The van der Waals surface area contributed by atoms with E-state index in [1.165, 1.54) is 17.3 Å². The van der Waals surface area contributed by atoms with Gasteiger partial charge in [-0.1, -0.05) is 54.2 Å². The van der Waals surface area contributed by atoms with E-state index < -0.39 is 0 Å². The summed E-state index contributed by atoms with van der Waals surface area (Å²) in [6.45, 7) is 4.17. The van der Waals surface area contributed by atoms with Crippen molar-refractivity contribution >= 4 is 17.5 Å². The summed E-state index contributed by atoms with van der Waals surface area (Å²) in [7, 11) is 0. The first-order valence-electron chi connectivity index (χ1n) is 9.28. The Kier molecular flexibility index (Phi) is 5.53. The van der Waals surface area contributed by atoms with Crippen molar-refractivity contribution in [3.8, 4) is 17.1 Å². The smallest absolute Gasteiger partial charge is 0.196 e. The number of pyridine rings is 1. The third kappa shape index (κ3) is 3.98. The summed E-state index contributed by atoms with van der Waals surface area (Å²) >= 11 is 1.40. The van der Waals surface area contributed by atoms with Crippen LogP contribution in [0.2, 0.25) is 0 Å². The van der Waals surface area contributed by atoms with E-state index >= 15 is 0 Å². The summed E-state index contributed by atoms with van der Waals surface area (Å²) < 4.78 is 2.03. The third-order valence-electron chi connectivity index (χ3n) is 4.82. The molecule has 29 heavy (non-hydrogen) atoms. The molecule has 0 aliphatic carbocycles. The molecule has 0 saturated heterocycles. The van der Waals surface area contributed by atoms with Crippen LogP contribution in [0.4, 0.5) is 0 Å². The predicted molar refractivity (Wildman–Crippen MR) is 116 cm³/mol. The lowest BCUT2D eigenvalue weighted by molar-refractivity contribution is 0.102. The zero-order chi connectivity index (χ0) is 20.2. The summed E-state index contributed by atoms with van der Waals surface area (Å²) in [5, 5.41) is 9.54. The fraction of sp³-hybridized carbons (Fsp3) is 0.130. The van der Waals surface area contributed by atoms with Crippen molar-refractivity contribution < 1.29 is 4.79 Å². The lowest BCUT2D eigenvalue weighted by Gasteiger charge is -2.14. The van der Waals surface area contributed by atoms with Gasteiger partial charge in [-0.15, -0.1) is 10.2 Å². The monoisotopic (exact) mass is 400 g/mol. The maximum atomic E-state index is 12.6. The predicted octanol–water partition coefficient (Wildman–Crippen LogP) is 4.92. The number of Topliss-reactive ketones (excluding diaryl/α,β-unsaturated/α-hetero) is 1.